The maximum atomic E-state index is 12.8. The fraction of sp³-hybridized carbons (Fsp3) is 0.786. The first-order valence-electron chi connectivity index (χ1n) is 20.5. The van der Waals surface area contributed by atoms with Gasteiger partial charge in [-0.1, -0.05) is 146 Å². The molecule has 0 fully saturated rings. The van der Waals surface area contributed by atoms with Crippen LogP contribution in [-0.2, 0) is 18.4 Å². The van der Waals surface area contributed by atoms with Gasteiger partial charge in [0.1, 0.15) is 13.2 Å². The first-order chi connectivity index (χ1) is 24.5. The molecule has 0 aliphatic rings. The van der Waals surface area contributed by atoms with Crippen molar-refractivity contribution in [1.82, 2.24) is 5.32 Å². The lowest BCUT2D eigenvalue weighted by Crippen LogP contribution is -2.45. The molecule has 9 heteroatoms. The summed E-state index contributed by atoms with van der Waals surface area (Å²) in [5.41, 5.74) is 0. The fourth-order valence-corrected chi connectivity index (χ4v) is 6.14. The second kappa shape index (κ2) is 34.2. The number of rotatable bonds is 36. The molecule has 0 radical (unpaired) electrons. The minimum Gasteiger partial charge on any atom is -0.756 e. The number of carbonyl (C=O) groups excluding carboxylic acids is 1. The van der Waals surface area contributed by atoms with Crippen LogP contribution in [0.15, 0.2) is 48.6 Å². The monoisotopic (exact) mass is 739 g/mol. The third-order valence-electron chi connectivity index (χ3n) is 8.76. The highest BCUT2D eigenvalue weighted by atomic mass is 31.2. The number of nitrogens with one attached hydrogen (secondary N) is 1. The van der Waals surface area contributed by atoms with Crippen LogP contribution >= 0.6 is 7.82 Å². The Bertz CT molecular complexity index is 975. The number of phosphoric acid groups is 1. The van der Waals surface area contributed by atoms with E-state index >= 15 is 0 Å². The molecule has 0 aliphatic carbocycles. The number of aliphatic hydroxyl groups excluding tert-OH is 1. The van der Waals surface area contributed by atoms with E-state index in [1.807, 2.05) is 27.2 Å². The van der Waals surface area contributed by atoms with Crippen molar-refractivity contribution < 1.29 is 32.9 Å². The van der Waals surface area contributed by atoms with Crippen molar-refractivity contribution >= 4 is 13.7 Å². The molecule has 51 heavy (non-hydrogen) atoms. The molecule has 0 spiro atoms. The van der Waals surface area contributed by atoms with Gasteiger partial charge in [0.15, 0.2) is 0 Å². The van der Waals surface area contributed by atoms with Crippen LogP contribution in [0.5, 0.6) is 0 Å². The topological polar surface area (TPSA) is 108 Å². The number of hydrogen-bond donors (Lipinski definition) is 2. The maximum absolute atomic E-state index is 12.8. The fourth-order valence-electron chi connectivity index (χ4n) is 5.42. The zero-order valence-electron chi connectivity index (χ0n) is 33.5. The Morgan fingerprint density at radius 1 is 0.686 bits per heavy atom. The zero-order chi connectivity index (χ0) is 37.9. The molecule has 2 N–H and O–H groups in total. The molecular weight excluding hydrogens is 659 g/mol. The van der Waals surface area contributed by atoms with Gasteiger partial charge in [-0.25, -0.2) is 0 Å². The number of allylic oxidation sites excluding steroid dienone is 7. The third-order valence-corrected chi connectivity index (χ3v) is 9.73. The Labute approximate surface area is 314 Å². The lowest BCUT2D eigenvalue weighted by molar-refractivity contribution is -0.870. The summed E-state index contributed by atoms with van der Waals surface area (Å²) in [6.45, 7) is 4.54. The molecule has 0 aromatic rings. The lowest BCUT2D eigenvalue weighted by Gasteiger charge is -2.29. The van der Waals surface area contributed by atoms with Gasteiger partial charge in [-0.3, -0.25) is 9.36 Å². The summed E-state index contributed by atoms with van der Waals surface area (Å²) in [6.07, 6.45) is 41.5. The Balaban J connectivity index is 4.58. The van der Waals surface area contributed by atoms with Crippen LogP contribution in [0, 0.1) is 0 Å². The number of quaternary nitrogens is 1. The van der Waals surface area contributed by atoms with Crippen molar-refractivity contribution in [3.8, 4) is 0 Å². The summed E-state index contributed by atoms with van der Waals surface area (Å²) < 4.78 is 23.1. The predicted octanol–water partition coefficient (Wildman–Crippen LogP) is 10.3. The van der Waals surface area contributed by atoms with Gasteiger partial charge in [0.2, 0.25) is 5.91 Å². The summed E-state index contributed by atoms with van der Waals surface area (Å²) in [6, 6.07) is -0.909. The van der Waals surface area contributed by atoms with Crippen LogP contribution in [0.4, 0.5) is 0 Å². The van der Waals surface area contributed by atoms with Crippen LogP contribution in [-0.4, -0.2) is 68.5 Å². The maximum Gasteiger partial charge on any atom is 0.268 e. The first kappa shape index (κ1) is 49.5. The summed E-state index contributed by atoms with van der Waals surface area (Å²) in [4.78, 5) is 25.2. The molecule has 0 aromatic carbocycles. The largest absolute Gasteiger partial charge is 0.756 e. The second-order valence-electron chi connectivity index (χ2n) is 15.0. The minimum absolute atomic E-state index is 0.0108. The van der Waals surface area contributed by atoms with Crippen LogP contribution in [0.2, 0.25) is 0 Å². The summed E-state index contributed by atoms with van der Waals surface area (Å²) >= 11 is 0. The Morgan fingerprint density at radius 3 is 1.76 bits per heavy atom. The number of hydrogen-bond acceptors (Lipinski definition) is 6. The molecule has 298 valence electrons. The average Bonchev–Trinajstić information content (AvgIpc) is 3.07. The molecule has 0 saturated heterocycles. The van der Waals surface area contributed by atoms with Crippen LogP contribution in [0.25, 0.3) is 0 Å². The Hall–Kier alpha value is -1.54. The van der Waals surface area contributed by atoms with Gasteiger partial charge in [0.05, 0.1) is 39.9 Å². The number of phosphoric ester groups is 1. The highest BCUT2D eigenvalue weighted by Crippen LogP contribution is 2.38. The number of nitrogens with zero attached hydrogens (tertiary/aromatic N) is 1. The van der Waals surface area contributed by atoms with Gasteiger partial charge in [-0.15, -0.1) is 0 Å². The first-order valence-corrected chi connectivity index (χ1v) is 22.0. The molecule has 8 nitrogen and oxygen atoms in total. The number of amides is 1. The van der Waals surface area contributed by atoms with E-state index in [1.54, 1.807) is 6.08 Å². The smallest absolute Gasteiger partial charge is 0.268 e. The van der Waals surface area contributed by atoms with E-state index in [2.05, 4.69) is 55.6 Å². The van der Waals surface area contributed by atoms with E-state index in [0.29, 0.717) is 17.4 Å². The third kappa shape index (κ3) is 36.6. The normalized spacial score (nSPS) is 15.0. The van der Waals surface area contributed by atoms with E-state index in [-0.39, 0.29) is 12.5 Å². The van der Waals surface area contributed by atoms with Crippen molar-refractivity contribution in [2.75, 3.05) is 40.9 Å². The number of aliphatic hydroxyl groups is 1. The summed E-state index contributed by atoms with van der Waals surface area (Å²) in [7, 11) is 1.23. The van der Waals surface area contributed by atoms with E-state index in [0.717, 1.165) is 64.2 Å². The van der Waals surface area contributed by atoms with Crippen LogP contribution < -0.4 is 10.2 Å². The minimum atomic E-state index is -4.59. The molecule has 0 aromatic heterocycles. The van der Waals surface area contributed by atoms with Gasteiger partial charge in [-0.2, -0.15) is 0 Å². The molecule has 0 bridgehead atoms. The molecule has 0 rings (SSSR count). The van der Waals surface area contributed by atoms with E-state index in [1.165, 1.54) is 77.0 Å². The van der Waals surface area contributed by atoms with E-state index in [4.69, 9.17) is 9.05 Å². The molecule has 3 unspecified atom stereocenters. The van der Waals surface area contributed by atoms with Crippen molar-refractivity contribution in [2.45, 2.75) is 174 Å². The molecule has 0 aliphatic heterocycles. The van der Waals surface area contributed by atoms with Crippen LogP contribution in [0.3, 0.4) is 0 Å². The lowest BCUT2D eigenvalue weighted by atomic mass is 10.1. The van der Waals surface area contributed by atoms with E-state index in [9.17, 15) is 19.4 Å². The van der Waals surface area contributed by atoms with Crippen molar-refractivity contribution in [2.24, 2.45) is 0 Å². The summed E-state index contributed by atoms with van der Waals surface area (Å²) in [5.74, 6) is -0.225. The summed E-state index contributed by atoms with van der Waals surface area (Å²) in [5, 5.41) is 13.7. The molecule has 0 saturated carbocycles. The number of likely N-dealkylation sites (N-methyl/N-ethyl adjacent to an activating group) is 1. The van der Waals surface area contributed by atoms with E-state index < -0.39 is 26.6 Å². The van der Waals surface area contributed by atoms with Crippen molar-refractivity contribution in [3.05, 3.63) is 48.6 Å². The zero-order valence-corrected chi connectivity index (χ0v) is 34.4. The number of unbranched alkanes of at least 4 members (excludes halogenated alkanes) is 17. The van der Waals surface area contributed by atoms with Gasteiger partial charge in [0.25, 0.3) is 7.82 Å². The molecule has 3 atom stereocenters. The number of carbonyl (C=O) groups is 1. The SMILES string of the molecule is CCCC/C=C\C/C=C\CCCCCCCC(=O)NC(COP(=O)([O-])OCC[N+](C)(C)C)C(O)/C=C/CC/C=C/CCCCCCCCCCC. The average molecular weight is 739 g/mol. The highest BCUT2D eigenvalue weighted by Gasteiger charge is 2.23. The highest BCUT2D eigenvalue weighted by molar-refractivity contribution is 7.45. The predicted molar refractivity (Wildman–Crippen MR) is 214 cm³/mol. The molecular formula is C42H79N2O6P. The van der Waals surface area contributed by atoms with Crippen molar-refractivity contribution in [3.63, 3.8) is 0 Å². The van der Waals surface area contributed by atoms with Gasteiger partial charge in [0, 0.05) is 6.42 Å². The molecule has 1 amide bonds. The molecule has 0 heterocycles. The standard InChI is InChI=1S/C42H79N2O6P/c1-6-8-10-12-14-16-18-20-22-23-25-27-29-31-33-35-41(45)40(39-50-51(47,48)49-38-37-44(3,4)5)43-42(46)36-34-32-30-28-26-24-21-19-17-15-13-11-9-7-2/h13,15,19,21,25,27,33,35,40-41,45H,6-12,14,16-18,20,22-24,26,28-32,34,36-39H2,1-5H3,(H-,43,46,47,48)/b15-13-,21-19-,27-25+,35-33+. The van der Waals surface area contributed by atoms with Crippen molar-refractivity contribution in [1.29, 1.82) is 0 Å². The quantitative estimate of drug-likeness (QED) is 0.0287. The Morgan fingerprint density at radius 2 is 1.18 bits per heavy atom. The Kier molecular flexibility index (Phi) is 33.2. The van der Waals surface area contributed by atoms with Gasteiger partial charge in [-0.05, 0) is 57.8 Å². The van der Waals surface area contributed by atoms with Gasteiger partial charge >= 0.3 is 0 Å². The second-order valence-corrected chi connectivity index (χ2v) is 16.4. The van der Waals surface area contributed by atoms with Crippen LogP contribution in [0.1, 0.15) is 162 Å². The van der Waals surface area contributed by atoms with Gasteiger partial charge < -0.3 is 28.8 Å².